The first-order valence-electron chi connectivity index (χ1n) is 4.68. The molecule has 78 valence electrons. The summed E-state index contributed by atoms with van der Waals surface area (Å²) in [6, 6.07) is 10.1. The fraction of sp³-hybridized carbons (Fsp3) is 0.300. The van der Waals surface area contributed by atoms with Gasteiger partial charge in [0.25, 0.3) is 0 Å². The Hall–Kier alpha value is -1.75. The van der Waals surface area contributed by atoms with Gasteiger partial charge in [0.1, 0.15) is 6.73 Å². The molecule has 0 atom stereocenters. The van der Waals surface area contributed by atoms with E-state index in [4.69, 9.17) is 4.74 Å². The zero-order valence-corrected chi connectivity index (χ0v) is 8.50. The van der Waals surface area contributed by atoms with Gasteiger partial charge >= 0.3 is 0 Å². The molecule has 1 aromatic heterocycles. The predicted molar refractivity (Wildman–Crippen MR) is 54.1 cm³/mol. The molecule has 0 aliphatic carbocycles. The van der Waals surface area contributed by atoms with E-state index in [9.17, 15) is 0 Å². The lowest BCUT2D eigenvalue weighted by Gasteiger charge is -2.02. The fourth-order valence-corrected chi connectivity index (χ4v) is 1.35. The van der Waals surface area contributed by atoms with Gasteiger partial charge in [0.2, 0.25) is 0 Å². The second-order valence-corrected chi connectivity index (χ2v) is 3.17. The van der Waals surface area contributed by atoms with E-state index >= 15 is 0 Å². The highest BCUT2D eigenvalue weighted by Crippen LogP contribution is 2.05. The molecular weight excluding hydrogens is 192 g/mol. The second kappa shape index (κ2) is 4.65. The molecule has 5 nitrogen and oxygen atoms in total. The molecule has 1 heterocycles. The molecular formula is C10H12N4O. The van der Waals surface area contributed by atoms with Gasteiger partial charge in [-0.15, -0.1) is 5.10 Å². The van der Waals surface area contributed by atoms with Crippen molar-refractivity contribution in [2.24, 2.45) is 0 Å². The summed E-state index contributed by atoms with van der Waals surface area (Å²) >= 11 is 0. The molecule has 0 bridgehead atoms. The number of rotatable bonds is 4. The van der Waals surface area contributed by atoms with Gasteiger partial charge in [-0.1, -0.05) is 30.3 Å². The molecule has 0 unspecified atom stereocenters. The van der Waals surface area contributed by atoms with Crippen LogP contribution < -0.4 is 0 Å². The molecule has 0 aliphatic heterocycles. The maximum absolute atomic E-state index is 4.99. The zero-order valence-electron chi connectivity index (χ0n) is 8.50. The van der Waals surface area contributed by atoms with Gasteiger partial charge in [-0.2, -0.15) is 0 Å². The van der Waals surface area contributed by atoms with Crippen molar-refractivity contribution in [3.63, 3.8) is 0 Å². The van der Waals surface area contributed by atoms with Crippen molar-refractivity contribution in [1.82, 2.24) is 20.2 Å². The number of aromatic nitrogens is 4. The standard InChI is InChI=1S/C10H12N4O/c1-15-8-14-10(11-12-13-14)7-9-5-3-2-4-6-9/h2-6H,7-8H2,1H3. The molecule has 0 spiro atoms. The molecule has 2 rings (SSSR count). The van der Waals surface area contributed by atoms with Crippen LogP contribution in [0.1, 0.15) is 11.4 Å². The lowest BCUT2D eigenvalue weighted by Crippen LogP contribution is -2.07. The minimum atomic E-state index is 0.384. The lowest BCUT2D eigenvalue weighted by atomic mass is 10.1. The predicted octanol–water partition coefficient (Wildman–Crippen LogP) is 0.868. The number of benzene rings is 1. The first kappa shape index (κ1) is 9.79. The van der Waals surface area contributed by atoms with E-state index in [1.807, 2.05) is 30.3 Å². The molecule has 0 amide bonds. The number of hydrogen-bond acceptors (Lipinski definition) is 4. The largest absolute Gasteiger partial charge is 0.362 e. The van der Waals surface area contributed by atoms with Crippen LogP contribution in [0.5, 0.6) is 0 Å². The van der Waals surface area contributed by atoms with Crippen LogP contribution in [0.15, 0.2) is 30.3 Å². The van der Waals surface area contributed by atoms with Gasteiger partial charge in [0.15, 0.2) is 5.82 Å². The molecule has 2 aromatic rings. The minimum absolute atomic E-state index is 0.384. The van der Waals surface area contributed by atoms with Gasteiger partial charge in [0.05, 0.1) is 0 Å². The smallest absolute Gasteiger partial charge is 0.158 e. The highest BCUT2D eigenvalue weighted by Gasteiger charge is 2.05. The van der Waals surface area contributed by atoms with Crippen molar-refractivity contribution < 1.29 is 4.74 Å². The second-order valence-electron chi connectivity index (χ2n) is 3.17. The summed E-state index contributed by atoms with van der Waals surface area (Å²) < 4.78 is 6.63. The van der Waals surface area contributed by atoms with E-state index in [-0.39, 0.29) is 0 Å². The van der Waals surface area contributed by atoms with Gasteiger partial charge in [-0.05, 0) is 16.0 Å². The zero-order chi connectivity index (χ0) is 10.5. The molecule has 0 N–H and O–H groups in total. The Kier molecular flexibility index (Phi) is 3.04. The number of nitrogens with zero attached hydrogens (tertiary/aromatic N) is 4. The molecule has 5 heteroatoms. The Morgan fingerprint density at radius 2 is 2.07 bits per heavy atom. The number of hydrogen-bond donors (Lipinski definition) is 0. The summed E-state index contributed by atoms with van der Waals surface area (Å²) in [5, 5.41) is 11.4. The quantitative estimate of drug-likeness (QED) is 0.741. The normalized spacial score (nSPS) is 10.5. The molecule has 0 saturated carbocycles. The molecule has 0 aliphatic rings. The summed E-state index contributed by atoms with van der Waals surface area (Å²) in [5.41, 5.74) is 1.18. The van der Waals surface area contributed by atoms with Crippen LogP contribution >= 0.6 is 0 Å². The van der Waals surface area contributed by atoms with Crippen molar-refractivity contribution in [1.29, 1.82) is 0 Å². The maximum Gasteiger partial charge on any atom is 0.158 e. The Morgan fingerprint density at radius 1 is 1.27 bits per heavy atom. The monoisotopic (exact) mass is 204 g/mol. The summed E-state index contributed by atoms with van der Waals surface area (Å²) in [5.74, 6) is 0.808. The highest BCUT2D eigenvalue weighted by molar-refractivity contribution is 5.18. The van der Waals surface area contributed by atoms with Crippen LogP contribution in [0.25, 0.3) is 0 Å². The molecule has 0 fully saturated rings. The van der Waals surface area contributed by atoms with Gasteiger partial charge < -0.3 is 4.74 Å². The number of ether oxygens (including phenoxy) is 1. The Balaban J connectivity index is 2.14. The SMILES string of the molecule is COCn1nnnc1Cc1ccccc1. The Labute approximate surface area is 87.7 Å². The maximum atomic E-state index is 4.99. The Bertz CT molecular complexity index is 412. The van der Waals surface area contributed by atoms with Gasteiger partial charge in [-0.25, -0.2) is 4.68 Å². The topological polar surface area (TPSA) is 52.8 Å². The van der Waals surface area contributed by atoms with E-state index in [1.165, 1.54) is 5.56 Å². The van der Waals surface area contributed by atoms with E-state index in [2.05, 4.69) is 15.5 Å². The van der Waals surface area contributed by atoms with Crippen LogP contribution in [-0.4, -0.2) is 27.3 Å². The molecule has 15 heavy (non-hydrogen) atoms. The van der Waals surface area contributed by atoms with Crippen LogP contribution in [0, 0.1) is 0 Å². The van der Waals surface area contributed by atoms with Crippen LogP contribution in [0.4, 0.5) is 0 Å². The minimum Gasteiger partial charge on any atom is -0.362 e. The van der Waals surface area contributed by atoms with Gasteiger partial charge in [0, 0.05) is 13.5 Å². The van der Waals surface area contributed by atoms with Crippen LogP contribution in [-0.2, 0) is 17.9 Å². The van der Waals surface area contributed by atoms with Crippen molar-refractivity contribution in [2.75, 3.05) is 7.11 Å². The summed E-state index contributed by atoms with van der Waals surface area (Å²) in [7, 11) is 1.62. The average molecular weight is 204 g/mol. The van der Waals surface area contributed by atoms with Crippen LogP contribution in [0.2, 0.25) is 0 Å². The molecule has 0 saturated heterocycles. The third-order valence-electron chi connectivity index (χ3n) is 2.06. The van der Waals surface area contributed by atoms with Gasteiger partial charge in [-0.3, -0.25) is 0 Å². The fourth-order valence-electron chi connectivity index (χ4n) is 1.35. The number of tetrazole rings is 1. The third kappa shape index (κ3) is 2.38. The molecule has 0 radical (unpaired) electrons. The van der Waals surface area contributed by atoms with Crippen molar-refractivity contribution in [3.05, 3.63) is 41.7 Å². The summed E-state index contributed by atoms with van der Waals surface area (Å²) in [4.78, 5) is 0. The summed E-state index contributed by atoms with van der Waals surface area (Å²) in [6.07, 6.45) is 0.719. The third-order valence-corrected chi connectivity index (χ3v) is 2.06. The van der Waals surface area contributed by atoms with E-state index < -0.39 is 0 Å². The van der Waals surface area contributed by atoms with E-state index in [0.29, 0.717) is 6.73 Å². The first-order valence-corrected chi connectivity index (χ1v) is 4.68. The number of methoxy groups -OCH3 is 1. The van der Waals surface area contributed by atoms with Crippen molar-refractivity contribution >= 4 is 0 Å². The molecule has 1 aromatic carbocycles. The first-order chi connectivity index (χ1) is 7.40. The van der Waals surface area contributed by atoms with Crippen LogP contribution in [0.3, 0.4) is 0 Å². The lowest BCUT2D eigenvalue weighted by molar-refractivity contribution is 0.116. The van der Waals surface area contributed by atoms with Crippen molar-refractivity contribution in [3.8, 4) is 0 Å². The van der Waals surface area contributed by atoms with E-state index in [0.717, 1.165) is 12.2 Å². The van der Waals surface area contributed by atoms with E-state index in [1.54, 1.807) is 11.8 Å². The summed E-state index contributed by atoms with van der Waals surface area (Å²) in [6.45, 7) is 0.384. The average Bonchev–Trinajstić information content (AvgIpc) is 2.68. The Morgan fingerprint density at radius 3 is 2.80 bits per heavy atom. The highest BCUT2D eigenvalue weighted by atomic mass is 16.5. The van der Waals surface area contributed by atoms with Crippen molar-refractivity contribution in [2.45, 2.75) is 13.2 Å².